The molecule has 110 valence electrons. The van der Waals surface area contributed by atoms with Crippen LogP contribution in [0.5, 0.6) is 0 Å². The van der Waals surface area contributed by atoms with E-state index in [1.807, 2.05) is 13.0 Å². The van der Waals surface area contributed by atoms with Gasteiger partial charge in [-0.1, -0.05) is 40.6 Å². The lowest BCUT2D eigenvalue weighted by Crippen LogP contribution is -2.33. The summed E-state index contributed by atoms with van der Waals surface area (Å²) in [5, 5.41) is 0. The molecule has 4 atom stereocenters. The van der Waals surface area contributed by atoms with Crippen LogP contribution >= 0.6 is 15.9 Å². The molecule has 0 aromatic rings. The average molecular weight is 334 g/mol. The fourth-order valence-corrected chi connectivity index (χ4v) is 3.01. The van der Waals surface area contributed by atoms with Crippen LogP contribution in [0.25, 0.3) is 0 Å². The topological polar surface area (TPSA) is 35.2 Å². The van der Waals surface area contributed by atoms with Crippen molar-refractivity contribution in [2.45, 2.75) is 62.7 Å². The summed E-state index contributed by atoms with van der Waals surface area (Å²) in [7, 11) is 1.71. The highest BCUT2D eigenvalue weighted by Crippen LogP contribution is 2.26. The number of rotatable bonds is 6. The highest BCUT2D eigenvalue weighted by molar-refractivity contribution is 9.09. The van der Waals surface area contributed by atoms with Crippen LogP contribution in [0.3, 0.4) is 0 Å². The van der Waals surface area contributed by atoms with Crippen molar-refractivity contribution >= 4 is 15.9 Å². The van der Waals surface area contributed by atoms with E-state index in [0.29, 0.717) is 12.8 Å². The number of allylic oxidation sites excluding steroid dienone is 1. The molecule has 0 bridgehead atoms. The standard InChI is InChI=1S/C15H25BrFNO/c1-4-11(10(2)19-3)9-14(16)15(18)12-5-7-13(17)8-6-12/h5,9-10,13-15H,4,6-8,18H2,1-3H3/b11-9+/t10?,13-,14-,15?/m0/s1. The smallest absolute Gasteiger partial charge is 0.104 e. The Morgan fingerprint density at radius 2 is 2.37 bits per heavy atom. The van der Waals surface area contributed by atoms with Crippen molar-refractivity contribution in [2.24, 2.45) is 5.73 Å². The van der Waals surface area contributed by atoms with Crippen molar-refractivity contribution in [3.05, 3.63) is 23.3 Å². The first-order chi connectivity index (χ1) is 8.99. The molecule has 2 nitrogen and oxygen atoms in total. The van der Waals surface area contributed by atoms with Crippen LogP contribution < -0.4 is 5.73 Å². The van der Waals surface area contributed by atoms with Crippen molar-refractivity contribution in [3.63, 3.8) is 0 Å². The Hall–Kier alpha value is -0.190. The van der Waals surface area contributed by atoms with E-state index in [2.05, 4.69) is 28.9 Å². The normalized spacial score (nSPS) is 25.7. The number of methoxy groups -OCH3 is 1. The molecule has 0 saturated carbocycles. The van der Waals surface area contributed by atoms with Gasteiger partial charge in [-0.25, -0.2) is 4.39 Å². The Morgan fingerprint density at radius 1 is 1.68 bits per heavy atom. The molecule has 0 aromatic heterocycles. The average Bonchev–Trinajstić information content (AvgIpc) is 2.43. The van der Waals surface area contributed by atoms with E-state index in [0.717, 1.165) is 18.4 Å². The largest absolute Gasteiger partial charge is 0.377 e. The van der Waals surface area contributed by atoms with E-state index in [4.69, 9.17) is 10.5 Å². The molecule has 0 heterocycles. The van der Waals surface area contributed by atoms with Crippen LogP contribution in [0.1, 0.15) is 39.5 Å². The lowest BCUT2D eigenvalue weighted by atomic mass is 9.91. The zero-order valence-electron chi connectivity index (χ0n) is 12.0. The molecule has 0 saturated heterocycles. The van der Waals surface area contributed by atoms with Crippen LogP contribution in [0.2, 0.25) is 0 Å². The zero-order valence-corrected chi connectivity index (χ0v) is 13.6. The first kappa shape index (κ1) is 16.9. The minimum absolute atomic E-state index is 0.0717. The Labute approximate surface area is 124 Å². The lowest BCUT2D eigenvalue weighted by Gasteiger charge is -2.25. The molecule has 1 aliphatic rings. The summed E-state index contributed by atoms with van der Waals surface area (Å²) < 4.78 is 18.5. The predicted octanol–water partition coefficient (Wildman–Crippen LogP) is 3.90. The van der Waals surface area contributed by atoms with Crippen molar-refractivity contribution in [3.8, 4) is 0 Å². The van der Waals surface area contributed by atoms with Crippen molar-refractivity contribution in [2.75, 3.05) is 7.11 Å². The molecule has 0 radical (unpaired) electrons. The van der Waals surface area contributed by atoms with Gasteiger partial charge < -0.3 is 10.5 Å². The van der Waals surface area contributed by atoms with Gasteiger partial charge in [0.2, 0.25) is 0 Å². The van der Waals surface area contributed by atoms with Gasteiger partial charge in [0, 0.05) is 13.2 Å². The van der Waals surface area contributed by atoms with Gasteiger partial charge in [-0.15, -0.1) is 0 Å². The first-order valence-electron chi connectivity index (χ1n) is 6.95. The number of halogens is 2. The van der Waals surface area contributed by atoms with Crippen LogP contribution in [-0.2, 0) is 4.74 Å². The lowest BCUT2D eigenvalue weighted by molar-refractivity contribution is 0.144. The summed E-state index contributed by atoms with van der Waals surface area (Å²) in [4.78, 5) is 0.0717. The molecule has 2 N–H and O–H groups in total. The Balaban J connectivity index is 2.70. The van der Waals surface area contributed by atoms with Crippen LogP contribution in [0.15, 0.2) is 23.3 Å². The maximum Gasteiger partial charge on any atom is 0.104 e. The van der Waals surface area contributed by atoms with E-state index in [9.17, 15) is 4.39 Å². The van der Waals surface area contributed by atoms with Crippen molar-refractivity contribution in [1.29, 1.82) is 0 Å². The van der Waals surface area contributed by atoms with E-state index >= 15 is 0 Å². The minimum atomic E-state index is -0.694. The van der Waals surface area contributed by atoms with E-state index in [-0.39, 0.29) is 17.0 Å². The van der Waals surface area contributed by atoms with Gasteiger partial charge >= 0.3 is 0 Å². The summed E-state index contributed by atoms with van der Waals surface area (Å²) in [6.45, 7) is 4.15. The number of ether oxygens (including phenoxy) is 1. The molecule has 0 fully saturated rings. The Bertz CT molecular complexity index is 343. The molecule has 0 aliphatic heterocycles. The fourth-order valence-electron chi connectivity index (χ4n) is 2.33. The second kappa shape index (κ2) is 8.18. The highest BCUT2D eigenvalue weighted by atomic mass is 79.9. The fraction of sp³-hybridized carbons (Fsp3) is 0.733. The Kier molecular flexibility index (Phi) is 7.26. The number of hydrogen-bond acceptors (Lipinski definition) is 2. The van der Waals surface area contributed by atoms with Crippen LogP contribution in [-0.4, -0.2) is 30.3 Å². The molecular formula is C15H25BrFNO. The maximum absolute atomic E-state index is 13.1. The van der Waals surface area contributed by atoms with Gasteiger partial charge in [0.25, 0.3) is 0 Å². The van der Waals surface area contributed by atoms with Crippen molar-refractivity contribution < 1.29 is 9.13 Å². The number of nitrogens with two attached hydrogens (primary N) is 1. The molecule has 1 aliphatic carbocycles. The predicted molar refractivity (Wildman–Crippen MR) is 82.4 cm³/mol. The van der Waals surface area contributed by atoms with E-state index < -0.39 is 6.17 Å². The molecule has 1 rings (SSSR count). The third-order valence-corrected chi connectivity index (χ3v) is 4.64. The second-order valence-electron chi connectivity index (χ2n) is 5.09. The summed E-state index contributed by atoms with van der Waals surface area (Å²) in [5.41, 5.74) is 8.65. The Morgan fingerprint density at radius 3 is 2.84 bits per heavy atom. The minimum Gasteiger partial charge on any atom is -0.377 e. The highest BCUT2D eigenvalue weighted by Gasteiger charge is 2.22. The molecule has 0 amide bonds. The van der Waals surface area contributed by atoms with Gasteiger partial charge in [-0.3, -0.25) is 0 Å². The van der Waals surface area contributed by atoms with Gasteiger partial charge in [0.15, 0.2) is 0 Å². The van der Waals surface area contributed by atoms with Gasteiger partial charge in [0.05, 0.1) is 10.9 Å². The summed E-state index contributed by atoms with van der Waals surface area (Å²) in [6.07, 6.45) is 6.31. The summed E-state index contributed by atoms with van der Waals surface area (Å²) in [6, 6.07) is -0.0851. The first-order valence-corrected chi connectivity index (χ1v) is 7.87. The maximum atomic E-state index is 13.1. The molecule has 4 heteroatoms. The SMILES string of the molecule is CC/C(=C\[C@H](Br)C(N)C1=CC[C@H](F)CC1)C(C)OC. The van der Waals surface area contributed by atoms with E-state index in [1.165, 1.54) is 5.57 Å². The molecule has 0 spiro atoms. The summed E-state index contributed by atoms with van der Waals surface area (Å²) >= 11 is 3.64. The molecule has 0 aromatic carbocycles. The van der Waals surface area contributed by atoms with E-state index in [1.54, 1.807) is 7.11 Å². The quantitative estimate of drug-likeness (QED) is 0.591. The van der Waals surface area contributed by atoms with Crippen LogP contribution in [0.4, 0.5) is 4.39 Å². The number of hydrogen-bond donors (Lipinski definition) is 1. The third kappa shape index (κ3) is 5.01. The zero-order chi connectivity index (χ0) is 14.4. The number of alkyl halides is 2. The molecule has 2 unspecified atom stereocenters. The van der Waals surface area contributed by atoms with Gasteiger partial charge in [0.1, 0.15) is 6.17 Å². The molecule has 19 heavy (non-hydrogen) atoms. The molecular weight excluding hydrogens is 309 g/mol. The third-order valence-electron chi connectivity index (χ3n) is 3.81. The monoisotopic (exact) mass is 333 g/mol. The van der Waals surface area contributed by atoms with Gasteiger partial charge in [-0.05, 0) is 38.2 Å². The van der Waals surface area contributed by atoms with Crippen LogP contribution in [0, 0.1) is 0 Å². The van der Waals surface area contributed by atoms with Gasteiger partial charge in [-0.2, -0.15) is 0 Å². The summed E-state index contributed by atoms with van der Waals surface area (Å²) in [5.74, 6) is 0. The van der Waals surface area contributed by atoms with Crippen molar-refractivity contribution in [1.82, 2.24) is 0 Å². The second-order valence-corrected chi connectivity index (χ2v) is 6.15.